The van der Waals surface area contributed by atoms with E-state index in [-0.39, 0.29) is 0 Å². The fourth-order valence-electron chi connectivity index (χ4n) is 4.13. The van der Waals surface area contributed by atoms with E-state index in [0.717, 1.165) is 5.92 Å². The third-order valence-electron chi connectivity index (χ3n) is 6.14. The van der Waals surface area contributed by atoms with Crippen LogP contribution in [-0.2, 0) is 0 Å². The van der Waals surface area contributed by atoms with Crippen LogP contribution in [0.25, 0.3) is 0 Å². The van der Waals surface area contributed by atoms with Gasteiger partial charge in [-0.1, -0.05) is 58.9 Å². The summed E-state index contributed by atoms with van der Waals surface area (Å²) in [5.74, 6) is 0.793. The van der Waals surface area contributed by atoms with Crippen LogP contribution < -0.4 is 0 Å². The van der Waals surface area contributed by atoms with Crippen molar-refractivity contribution in [1.29, 1.82) is 0 Å². The summed E-state index contributed by atoms with van der Waals surface area (Å²) < 4.78 is 0. The Bertz CT molecular complexity index is 470. The van der Waals surface area contributed by atoms with Crippen molar-refractivity contribution >= 4 is 0 Å². The number of rotatable bonds is 1. The first-order valence-corrected chi connectivity index (χ1v) is 7.38. The van der Waals surface area contributed by atoms with Crippen molar-refractivity contribution in [1.82, 2.24) is 0 Å². The van der Waals surface area contributed by atoms with Crippen LogP contribution in [0.1, 0.15) is 53.9 Å². The largest absolute Gasteiger partial charge is 0.0780 e. The molecule has 1 fully saturated rings. The van der Waals surface area contributed by atoms with Gasteiger partial charge in [0.05, 0.1) is 0 Å². The Morgan fingerprint density at radius 1 is 1.11 bits per heavy atom. The maximum Gasteiger partial charge on any atom is -0.00156 e. The van der Waals surface area contributed by atoms with Gasteiger partial charge in [0.2, 0.25) is 0 Å². The molecular weight excluding hydrogens is 216 g/mol. The van der Waals surface area contributed by atoms with Gasteiger partial charge < -0.3 is 0 Å². The van der Waals surface area contributed by atoms with E-state index in [1.807, 2.05) is 0 Å². The van der Waals surface area contributed by atoms with Crippen LogP contribution >= 0.6 is 0 Å². The first kappa shape index (κ1) is 12.3. The topological polar surface area (TPSA) is 0 Å². The Labute approximate surface area is 112 Å². The van der Waals surface area contributed by atoms with Gasteiger partial charge in [-0.2, -0.15) is 0 Å². The minimum atomic E-state index is 0.345. The zero-order chi connectivity index (χ0) is 13.2. The monoisotopic (exact) mass is 242 g/mol. The first-order valence-electron chi connectivity index (χ1n) is 7.38. The van der Waals surface area contributed by atoms with E-state index in [2.05, 4.69) is 58.9 Å². The molecule has 2 bridgehead atoms. The minimum Gasteiger partial charge on any atom is -0.0780 e. The summed E-state index contributed by atoms with van der Waals surface area (Å²) in [6.45, 7) is 12.0. The number of hydrogen-bond donors (Lipinski definition) is 0. The molecule has 3 aliphatic carbocycles. The van der Waals surface area contributed by atoms with Gasteiger partial charge in [-0.25, -0.2) is 0 Å². The molecular formula is C18H26. The molecule has 3 rings (SSSR count). The predicted octanol–water partition coefficient (Wildman–Crippen LogP) is 5.28. The molecule has 0 N–H and O–H groups in total. The maximum absolute atomic E-state index is 2.58. The second kappa shape index (κ2) is 3.40. The van der Waals surface area contributed by atoms with E-state index in [0.29, 0.717) is 16.2 Å². The lowest BCUT2D eigenvalue weighted by Gasteiger charge is -2.38. The molecule has 0 heteroatoms. The fourth-order valence-corrected chi connectivity index (χ4v) is 4.13. The average Bonchev–Trinajstić information content (AvgIpc) is 2.61. The smallest absolute Gasteiger partial charge is 0.00156 e. The molecule has 0 spiro atoms. The van der Waals surface area contributed by atoms with Crippen LogP contribution in [0.3, 0.4) is 0 Å². The van der Waals surface area contributed by atoms with E-state index in [1.165, 1.54) is 24.8 Å². The molecule has 1 saturated carbocycles. The molecule has 98 valence electrons. The van der Waals surface area contributed by atoms with Crippen LogP contribution in [-0.4, -0.2) is 0 Å². The van der Waals surface area contributed by atoms with Gasteiger partial charge >= 0.3 is 0 Å². The third kappa shape index (κ3) is 1.44. The van der Waals surface area contributed by atoms with Crippen LogP contribution in [0.5, 0.6) is 0 Å². The molecule has 0 aliphatic heterocycles. The molecule has 0 nitrogen and oxygen atoms in total. The van der Waals surface area contributed by atoms with Gasteiger partial charge in [0.25, 0.3) is 0 Å². The van der Waals surface area contributed by atoms with Gasteiger partial charge in [-0.05, 0) is 52.6 Å². The summed E-state index contributed by atoms with van der Waals surface area (Å²) in [6.07, 6.45) is 13.7. The summed E-state index contributed by atoms with van der Waals surface area (Å²) in [7, 11) is 0. The zero-order valence-electron chi connectivity index (χ0n) is 12.5. The molecule has 0 aromatic rings. The van der Waals surface area contributed by atoms with Crippen LogP contribution in [0.4, 0.5) is 0 Å². The second-order valence-corrected chi connectivity index (χ2v) is 7.96. The second-order valence-electron chi connectivity index (χ2n) is 7.96. The molecule has 0 aromatic heterocycles. The van der Waals surface area contributed by atoms with Crippen LogP contribution in [0.2, 0.25) is 0 Å². The molecule has 2 atom stereocenters. The van der Waals surface area contributed by atoms with Crippen molar-refractivity contribution in [2.75, 3.05) is 0 Å². The van der Waals surface area contributed by atoms with E-state index < -0.39 is 0 Å². The van der Waals surface area contributed by atoms with Crippen molar-refractivity contribution in [2.45, 2.75) is 53.9 Å². The van der Waals surface area contributed by atoms with Crippen LogP contribution in [0.15, 0.2) is 35.5 Å². The molecule has 3 aliphatic rings. The molecule has 0 unspecified atom stereocenters. The highest BCUT2D eigenvalue weighted by Crippen LogP contribution is 2.66. The average molecular weight is 242 g/mol. The Morgan fingerprint density at radius 2 is 1.83 bits per heavy atom. The highest BCUT2D eigenvalue weighted by atomic mass is 14.6. The van der Waals surface area contributed by atoms with Crippen molar-refractivity contribution in [3.63, 3.8) is 0 Å². The number of hydrogen-bond acceptors (Lipinski definition) is 0. The Hall–Kier alpha value is -0.780. The van der Waals surface area contributed by atoms with Crippen molar-refractivity contribution in [3.8, 4) is 0 Å². The first-order chi connectivity index (χ1) is 8.26. The minimum absolute atomic E-state index is 0.345. The van der Waals surface area contributed by atoms with Gasteiger partial charge in [0.1, 0.15) is 0 Å². The lowest BCUT2D eigenvalue weighted by molar-refractivity contribution is 0.173. The van der Waals surface area contributed by atoms with E-state index in [4.69, 9.17) is 0 Å². The summed E-state index contributed by atoms with van der Waals surface area (Å²) in [5.41, 5.74) is 4.33. The predicted molar refractivity (Wildman–Crippen MR) is 78.3 cm³/mol. The lowest BCUT2D eigenvalue weighted by Crippen LogP contribution is -2.30. The van der Waals surface area contributed by atoms with Crippen molar-refractivity contribution in [2.24, 2.45) is 22.2 Å². The highest BCUT2D eigenvalue weighted by molar-refractivity contribution is 5.51. The zero-order valence-corrected chi connectivity index (χ0v) is 12.5. The molecule has 0 aromatic carbocycles. The fraction of sp³-hybridized carbons (Fsp3) is 0.667. The van der Waals surface area contributed by atoms with Gasteiger partial charge in [-0.15, -0.1) is 0 Å². The third-order valence-corrected chi connectivity index (χ3v) is 6.14. The summed E-state index contributed by atoms with van der Waals surface area (Å²) in [5, 5.41) is 0. The number of fused-ring (bicyclic) bond motifs is 2. The van der Waals surface area contributed by atoms with E-state index >= 15 is 0 Å². The summed E-state index contributed by atoms with van der Waals surface area (Å²) in [4.78, 5) is 0. The van der Waals surface area contributed by atoms with Crippen LogP contribution in [0, 0.1) is 22.2 Å². The van der Waals surface area contributed by atoms with Gasteiger partial charge in [-0.3, -0.25) is 0 Å². The molecule has 18 heavy (non-hydrogen) atoms. The molecule has 0 saturated heterocycles. The lowest BCUT2D eigenvalue weighted by atomic mass is 9.65. The van der Waals surface area contributed by atoms with Crippen molar-refractivity contribution < 1.29 is 0 Å². The highest BCUT2D eigenvalue weighted by Gasteiger charge is 2.57. The van der Waals surface area contributed by atoms with E-state index in [9.17, 15) is 0 Å². The Kier molecular flexibility index (Phi) is 2.32. The van der Waals surface area contributed by atoms with Gasteiger partial charge in [0.15, 0.2) is 0 Å². The quantitative estimate of drug-likeness (QED) is 0.586. The van der Waals surface area contributed by atoms with Crippen molar-refractivity contribution in [3.05, 3.63) is 35.5 Å². The molecule has 0 radical (unpaired) electrons. The molecule has 0 amide bonds. The Balaban J connectivity index is 1.96. The normalized spacial score (nSPS) is 39.7. The number of allylic oxidation sites excluding steroid dienone is 6. The summed E-state index contributed by atoms with van der Waals surface area (Å²) >= 11 is 0. The maximum atomic E-state index is 2.58. The molecule has 0 heterocycles. The Morgan fingerprint density at radius 3 is 2.28 bits per heavy atom. The van der Waals surface area contributed by atoms with Gasteiger partial charge in [0, 0.05) is 0 Å². The standard InChI is InChI=1S/C18H26/c1-16(2)9-6-13(7-10-16)15-12-14-8-11-18(15,5)17(14,3)4/h6-7,9,12,14H,8,10-11H2,1-5H3/t14-,18-/m0/s1. The SMILES string of the molecule is CC1(C)C=CC(C2=C[C@@H]3CC[C@]2(C)C3(C)C)=CC1. The van der Waals surface area contributed by atoms with E-state index in [1.54, 1.807) is 5.57 Å². The summed E-state index contributed by atoms with van der Waals surface area (Å²) in [6, 6.07) is 0.